The maximum Gasteiger partial charge on any atom is 0.227 e. The quantitative estimate of drug-likeness (QED) is 0.653. The lowest BCUT2D eigenvalue weighted by molar-refractivity contribution is 0.454. The first kappa shape index (κ1) is 13.8. The number of ether oxygens (including phenoxy) is 1. The molecule has 0 radical (unpaired) electrons. The highest BCUT2D eigenvalue weighted by molar-refractivity contribution is 9.10. The number of nitrogens with zero attached hydrogens (tertiary/aromatic N) is 2. The normalized spacial score (nSPS) is 10.3. The number of benzene rings is 1. The van der Waals surface area contributed by atoms with E-state index in [1.165, 1.54) is 6.33 Å². The van der Waals surface area contributed by atoms with Crippen LogP contribution in [0.1, 0.15) is 18.9 Å². The Hall–Kier alpha value is -1.66. The maximum absolute atomic E-state index is 5.79. The van der Waals surface area contributed by atoms with Gasteiger partial charge in [0.25, 0.3) is 0 Å². The van der Waals surface area contributed by atoms with Gasteiger partial charge in [0.1, 0.15) is 17.9 Å². The molecule has 0 unspecified atom stereocenters. The first-order valence-electron chi connectivity index (χ1n) is 5.98. The number of nitrogens with two attached hydrogens (primary N) is 1. The van der Waals surface area contributed by atoms with Gasteiger partial charge in [-0.15, -0.1) is 0 Å². The Morgan fingerprint density at radius 2 is 2.00 bits per heavy atom. The van der Waals surface area contributed by atoms with E-state index in [4.69, 9.17) is 10.6 Å². The van der Waals surface area contributed by atoms with Crippen LogP contribution in [0.3, 0.4) is 0 Å². The highest BCUT2D eigenvalue weighted by atomic mass is 79.9. The molecule has 2 aromatic rings. The zero-order chi connectivity index (χ0) is 13.7. The van der Waals surface area contributed by atoms with Gasteiger partial charge in [-0.1, -0.05) is 29.3 Å². The summed E-state index contributed by atoms with van der Waals surface area (Å²) in [6.07, 6.45) is 3.19. The van der Waals surface area contributed by atoms with Crippen molar-refractivity contribution < 1.29 is 4.74 Å². The van der Waals surface area contributed by atoms with Crippen LogP contribution < -0.4 is 16.0 Å². The fourth-order valence-electron chi connectivity index (χ4n) is 1.70. The Kier molecular flexibility index (Phi) is 4.70. The molecule has 5 nitrogen and oxygen atoms in total. The van der Waals surface area contributed by atoms with E-state index >= 15 is 0 Å². The summed E-state index contributed by atoms with van der Waals surface area (Å²) in [5, 5.41) is 0. The summed E-state index contributed by atoms with van der Waals surface area (Å²) in [5.41, 5.74) is 3.46. The molecule has 1 aromatic heterocycles. The highest BCUT2D eigenvalue weighted by Gasteiger charge is 2.12. The molecule has 0 atom stereocenters. The van der Waals surface area contributed by atoms with Crippen LogP contribution in [-0.2, 0) is 6.42 Å². The lowest BCUT2D eigenvalue weighted by Crippen LogP contribution is -2.12. The number of hydrogen-bond acceptors (Lipinski definition) is 5. The van der Waals surface area contributed by atoms with Crippen LogP contribution in [0.5, 0.6) is 11.6 Å². The smallest absolute Gasteiger partial charge is 0.227 e. The number of anilines is 1. The van der Waals surface area contributed by atoms with E-state index in [9.17, 15) is 0 Å². The molecule has 0 bridgehead atoms. The summed E-state index contributed by atoms with van der Waals surface area (Å²) in [6, 6.07) is 7.57. The standard InChI is InChI=1S/C13H15BrN4O/c1-2-3-11-12(18-15)16-8-17-13(11)19-10-6-4-9(14)5-7-10/h4-8H,2-3,15H2,1H3,(H,16,17,18). The number of nitrogen functional groups attached to an aromatic ring is 1. The van der Waals surface area contributed by atoms with Gasteiger partial charge in [0, 0.05) is 4.47 Å². The van der Waals surface area contributed by atoms with E-state index in [1.54, 1.807) is 0 Å². The fraction of sp³-hybridized carbons (Fsp3) is 0.231. The average Bonchev–Trinajstić information content (AvgIpc) is 2.43. The second-order valence-electron chi connectivity index (χ2n) is 3.96. The largest absolute Gasteiger partial charge is 0.439 e. The Morgan fingerprint density at radius 1 is 1.26 bits per heavy atom. The molecule has 6 heteroatoms. The topological polar surface area (TPSA) is 73.1 Å². The molecular weight excluding hydrogens is 308 g/mol. The Bertz CT molecular complexity index is 545. The number of hydrogen-bond donors (Lipinski definition) is 2. The van der Waals surface area contributed by atoms with Crippen LogP contribution in [0, 0.1) is 0 Å². The predicted molar refractivity (Wildman–Crippen MR) is 78.1 cm³/mol. The van der Waals surface area contributed by atoms with E-state index in [0.29, 0.717) is 11.7 Å². The van der Waals surface area contributed by atoms with Crippen molar-refractivity contribution in [1.82, 2.24) is 9.97 Å². The van der Waals surface area contributed by atoms with E-state index < -0.39 is 0 Å². The molecule has 0 saturated carbocycles. The third-order valence-corrected chi connectivity index (χ3v) is 3.10. The van der Waals surface area contributed by atoms with Crippen molar-refractivity contribution >= 4 is 21.7 Å². The molecule has 19 heavy (non-hydrogen) atoms. The summed E-state index contributed by atoms with van der Waals surface area (Å²) >= 11 is 3.39. The number of halogens is 1. The van der Waals surface area contributed by atoms with Gasteiger partial charge in [0.15, 0.2) is 0 Å². The second kappa shape index (κ2) is 6.49. The molecule has 0 fully saturated rings. The third-order valence-electron chi connectivity index (χ3n) is 2.57. The third kappa shape index (κ3) is 3.42. The molecule has 100 valence electrons. The van der Waals surface area contributed by atoms with Crippen molar-refractivity contribution in [3.05, 3.63) is 40.6 Å². The zero-order valence-electron chi connectivity index (χ0n) is 10.6. The summed E-state index contributed by atoms with van der Waals surface area (Å²) in [4.78, 5) is 8.28. The molecule has 0 saturated heterocycles. The molecule has 0 amide bonds. The van der Waals surface area contributed by atoms with Gasteiger partial charge in [-0.05, 0) is 30.7 Å². The Labute approximate surface area is 120 Å². The van der Waals surface area contributed by atoms with E-state index in [-0.39, 0.29) is 0 Å². The molecule has 2 rings (SSSR count). The van der Waals surface area contributed by atoms with Crippen LogP contribution in [0.2, 0.25) is 0 Å². The first-order valence-corrected chi connectivity index (χ1v) is 6.77. The zero-order valence-corrected chi connectivity index (χ0v) is 12.1. The van der Waals surface area contributed by atoms with Gasteiger partial charge >= 0.3 is 0 Å². The van der Waals surface area contributed by atoms with Crippen molar-refractivity contribution in [3.63, 3.8) is 0 Å². The van der Waals surface area contributed by atoms with Crippen LogP contribution in [0.4, 0.5) is 5.82 Å². The van der Waals surface area contributed by atoms with Crippen LogP contribution in [0.25, 0.3) is 0 Å². The summed E-state index contributed by atoms with van der Waals surface area (Å²) in [5.74, 6) is 7.32. The summed E-state index contributed by atoms with van der Waals surface area (Å²) in [7, 11) is 0. The number of nitrogens with one attached hydrogen (secondary N) is 1. The highest BCUT2D eigenvalue weighted by Crippen LogP contribution is 2.28. The number of aromatic nitrogens is 2. The summed E-state index contributed by atoms with van der Waals surface area (Å²) < 4.78 is 6.79. The fourth-order valence-corrected chi connectivity index (χ4v) is 1.96. The van der Waals surface area contributed by atoms with Crippen LogP contribution in [-0.4, -0.2) is 9.97 Å². The van der Waals surface area contributed by atoms with E-state index in [1.807, 2.05) is 24.3 Å². The second-order valence-corrected chi connectivity index (χ2v) is 4.87. The molecule has 1 aromatic carbocycles. The van der Waals surface area contributed by atoms with Crippen molar-refractivity contribution in [1.29, 1.82) is 0 Å². The van der Waals surface area contributed by atoms with Gasteiger partial charge in [0.05, 0.1) is 5.56 Å². The van der Waals surface area contributed by atoms with Gasteiger partial charge in [0.2, 0.25) is 5.88 Å². The van der Waals surface area contributed by atoms with Gasteiger partial charge in [-0.2, -0.15) is 0 Å². The molecule has 3 N–H and O–H groups in total. The van der Waals surface area contributed by atoms with Crippen LogP contribution in [0.15, 0.2) is 35.1 Å². The average molecular weight is 323 g/mol. The lowest BCUT2D eigenvalue weighted by atomic mass is 10.2. The number of rotatable bonds is 5. The predicted octanol–water partition coefficient (Wildman–Crippen LogP) is 3.27. The molecule has 0 aliphatic carbocycles. The molecule has 0 aliphatic heterocycles. The van der Waals surface area contributed by atoms with Gasteiger partial charge in [-0.3, -0.25) is 0 Å². The van der Waals surface area contributed by atoms with E-state index in [0.717, 1.165) is 28.6 Å². The first-order chi connectivity index (χ1) is 9.24. The minimum absolute atomic E-state index is 0.534. The van der Waals surface area contributed by atoms with Crippen molar-refractivity contribution in [3.8, 4) is 11.6 Å². The number of hydrazine groups is 1. The van der Waals surface area contributed by atoms with Crippen LogP contribution >= 0.6 is 15.9 Å². The van der Waals surface area contributed by atoms with Gasteiger partial charge < -0.3 is 10.2 Å². The summed E-state index contributed by atoms with van der Waals surface area (Å²) in [6.45, 7) is 2.08. The Morgan fingerprint density at radius 3 is 2.63 bits per heavy atom. The molecular formula is C13H15BrN4O. The SMILES string of the molecule is CCCc1c(NN)ncnc1Oc1ccc(Br)cc1. The molecule has 1 heterocycles. The molecule has 0 aliphatic rings. The minimum Gasteiger partial charge on any atom is -0.439 e. The molecule has 0 spiro atoms. The minimum atomic E-state index is 0.534. The van der Waals surface area contributed by atoms with E-state index in [2.05, 4.69) is 38.2 Å². The maximum atomic E-state index is 5.79. The lowest BCUT2D eigenvalue weighted by Gasteiger charge is -2.12. The Balaban J connectivity index is 2.30. The van der Waals surface area contributed by atoms with Gasteiger partial charge in [-0.25, -0.2) is 15.8 Å². The van der Waals surface area contributed by atoms with Crippen molar-refractivity contribution in [2.75, 3.05) is 5.43 Å². The van der Waals surface area contributed by atoms with Crippen molar-refractivity contribution in [2.24, 2.45) is 5.84 Å². The van der Waals surface area contributed by atoms with Crippen molar-refractivity contribution in [2.45, 2.75) is 19.8 Å². The monoisotopic (exact) mass is 322 g/mol.